The highest BCUT2D eigenvalue weighted by atomic mass is 16.5. The highest BCUT2D eigenvalue weighted by Gasteiger charge is 2.27. The lowest BCUT2D eigenvalue weighted by Crippen LogP contribution is -2.40. The lowest BCUT2D eigenvalue weighted by molar-refractivity contribution is -0.121. The molecule has 7 nitrogen and oxygen atoms in total. The zero-order chi connectivity index (χ0) is 21.1. The second-order valence-electron chi connectivity index (χ2n) is 7.97. The van der Waals surface area contributed by atoms with Crippen LogP contribution in [0.5, 0.6) is 5.75 Å². The molecule has 0 spiro atoms. The molecule has 2 aromatic carbocycles. The summed E-state index contributed by atoms with van der Waals surface area (Å²) in [4.78, 5) is 19.4. The summed E-state index contributed by atoms with van der Waals surface area (Å²) in [6.07, 6.45) is 1.73. The number of hydrogen-bond acceptors (Lipinski definition) is 6. The number of carbonyl (C=O) groups excluding carboxylic acids is 1. The molecule has 2 N–H and O–H groups in total. The Morgan fingerprint density at radius 3 is 2.73 bits per heavy atom. The average Bonchev–Trinajstić information content (AvgIpc) is 3.19. The lowest BCUT2D eigenvalue weighted by Gasteiger charge is -2.31. The van der Waals surface area contributed by atoms with E-state index in [1.807, 2.05) is 44.2 Å². The molecule has 0 saturated carbocycles. The molecule has 156 valence electrons. The number of aryl methyl sites for hydroxylation is 2. The molecule has 1 aliphatic rings. The van der Waals surface area contributed by atoms with E-state index in [1.165, 1.54) is 5.56 Å². The fraction of sp³-hybridized carbons (Fsp3) is 0.348. The van der Waals surface area contributed by atoms with Crippen LogP contribution < -0.4 is 5.32 Å². The number of nitrogens with zero attached hydrogens (tertiary/aromatic N) is 3. The molecule has 1 saturated heterocycles. The van der Waals surface area contributed by atoms with Crippen LogP contribution >= 0.6 is 0 Å². The molecule has 0 unspecified atom stereocenters. The van der Waals surface area contributed by atoms with Crippen molar-refractivity contribution in [2.45, 2.75) is 33.2 Å². The summed E-state index contributed by atoms with van der Waals surface area (Å²) in [5, 5.41) is 17.0. The van der Waals surface area contributed by atoms with Gasteiger partial charge in [0.15, 0.2) is 5.82 Å². The van der Waals surface area contributed by atoms with Crippen molar-refractivity contribution >= 4 is 11.6 Å². The maximum absolute atomic E-state index is 12.7. The van der Waals surface area contributed by atoms with E-state index in [2.05, 4.69) is 20.4 Å². The van der Waals surface area contributed by atoms with Gasteiger partial charge < -0.3 is 14.9 Å². The molecule has 2 heterocycles. The molecule has 0 radical (unpaired) electrons. The van der Waals surface area contributed by atoms with Crippen LogP contribution in [-0.4, -0.2) is 39.1 Å². The summed E-state index contributed by atoms with van der Waals surface area (Å²) >= 11 is 0. The Kier molecular flexibility index (Phi) is 5.81. The predicted molar refractivity (Wildman–Crippen MR) is 114 cm³/mol. The Hall–Kier alpha value is -3.19. The number of piperidine rings is 1. The molecule has 1 aliphatic heterocycles. The van der Waals surface area contributed by atoms with Gasteiger partial charge in [0.2, 0.25) is 5.91 Å². The largest absolute Gasteiger partial charge is 0.506 e. The van der Waals surface area contributed by atoms with Crippen LogP contribution in [0.2, 0.25) is 0 Å². The summed E-state index contributed by atoms with van der Waals surface area (Å²) < 4.78 is 5.41. The number of carbonyl (C=O) groups is 1. The van der Waals surface area contributed by atoms with Crippen molar-refractivity contribution in [3.05, 3.63) is 59.4 Å². The molecule has 1 fully saturated rings. The number of aromatic hydroxyl groups is 1. The number of likely N-dealkylation sites (tertiary alicyclic amines) is 1. The molecule has 1 atom stereocenters. The van der Waals surface area contributed by atoms with Crippen molar-refractivity contribution in [3.63, 3.8) is 0 Å². The van der Waals surface area contributed by atoms with E-state index in [4.69, 9.17) is 4.52 Å². The van der Waals surface area contributed by atoms with E-state index in [1.54, 1.807) is 12.1 Å². The van der Waals surface area contributed by atoms with Crippen LogP contribution in [0.1, 0.15) is 29.8 Å². The molecular weight excluding hydrogens is 380 g/mol. The van der Waals surface area contributed by atoms with Gasteiger partial charge in [0.05, 0.1) is 18.2 Å². The van der Waals surface area contributed by atoms with Crippen molar-refractivity contribution in [1.29, 1.82) is 0 Å². The van der Waals surface area contributed by atoms with Crippen LogP contribution in [-0.2, 0) is 11.3 Å². The minimum Gasteiger partial charge on any atom is -0.506 e. The third kappa shape index (κ3) is 4.68. The van der Waals surface area contributed by atoms with Crippen LogP contribution in [0.25, 0.3) is 11.5 Å². The second-order valence-corrected chi connectivity index (χ2v) is 7.97. The summed E-state index contributed by atoms with van der Waals surface area (Å²) in [5.41, 5.74) is 3.46. The number of anilines is 1. The summed E-state index contributed by atoms with van der Waals surface area (Å²) in [6.45, 7) is 5.97. The number of hydrogen-bond donors (Lipinski definition) is 2. The Balaban J connectivity index is 1.37. The molecule has 1 aromatic heterocycles. The van der Waals surface area contributed by atoms with Crippen molar-refractivity contribution < 1.29 is 14.4 Å². The van der Waals surface area contributed by atoms with E-state index in [-0.39, 0.29) is 17.6 Å². The highest BCUT2D eigenvalue weighted by Crippen LogP contribution is 2.26. The van der Waals surface area contributed by atoms with Gasteiger partial charge in [-0.25, -0.2) is 0 Å². The molecule has 0 bridgehead atoms. The zero-order valence-corrected chi connectivity index (χ0v) is 17.3. The zero-order valence-electron chi connectivity index (χ0n) is 17.3. The van der Waals surface area contributed by atoms with Crippen molar-refractivity contribution in [3.8, 4) is 17.2 Å². The number of rotatable bonds is 5. The van der Waals surface area contributed by atoms with E-state index in [0.717, 1.165) is 30.5 Å². The number of phenolic OH excluding ortho intramolecular Hbond substituents is 1. The van der Waals surface area contributed by atoms with Gasteiger partial charge in [-0.3, -0.25) is 9.69 Å². The van der Waals surface area contributed by atoms with Gasteiger partial charge in [-0.2, -0.15) is 4.98 Å². The van der Waals surface area contributed by atoms with E-state index < -0.39 is 0 Å². The number of phenols is 1. The molecule has 30 heavy (non-hydrogen) atoms. The Morgan fingerprint density at radius 1 is 1.20 bits per heavy atom. The van der Waals surface area contributed by atoms with Gasteiger partial charge in [-0.1, -0.05) is 28.9 Å². The van der Waals surface area contributed by atoms with Crippen LogP contribution in [0.3, 0.4) is 0 Å². The smallest absolute Gasteiger partial charge is 0.257 e. The highest BCUT2D eigenvalue weighted by molar-refractivity contribution is 5.94. The van der Waals surface area contributed by atoms with Gasteiger partial charge >= 0.3 is 0 Å². The predicted octanol–water partition coefficient (Wildman–Crippen LogP) is 3.91. The number of benzene rings is 2. The maximum atomic E-state index is 12.7. The molecule has 0 aliphatic carbocycles. The normalized spacial score (nSPS) is 17.1. The molecule has 3 aromatic rings. The second kappa shape index (κ2) is 8.67. The summed E-state index contributed by atoms with van der Waals surface area (Å²) in [7, 11) is 0. The van der Waals surface area contributed by atoms with E-state index in [9.17, 15) is 9.90 Å². The quantitative estimate of drug-likeness (QED) is 0.624. The minimum atomic E-state index is -0.150. The third-order valence-electron chi connectivity index (χ3n) is 5.42. The summed E-state index contributed by atoms with van der Waals surface area (Å²) in [5.74, 6) is 0.982. The minimum absolute atomic E-state index is 0.0766. The molecular formula is C23H26N4O3. The number of aromatic nitrogens is 2. The monoisotopic (exact) mass is 406 g/mol. The first-order valence-corrected chi connectivity index (χ1v) is 10.2. The average molecular weight is 406 g/mol. The first-order valence-electron chi connectivity index (χ1n) is 10.2. The maximum Gasteiger partial charge on any atom is 0.257 e. The van der Waals surface area contributed by atoms with Gasteiger partial charge in [0.1, 0.15) is 5.75 Å². The number of amides is 1. The van der Waals surface area contributed by atoms with Crippen LogP contribution in [0, 0.1) is 19.8 Å². The van der Waals surface area contributed by atoms with Crippen LogP contribution in [0.15, 0.2) is 47.0 Å². The number of nitrogens with one attached hydrogen (secondary N) is 1. The fourth-order valence-electron chi connectivity index (χ4n) is 3.73. The van der Waals surface area contributed by atoms with Gasteiger partial charge in [0.25, 0.3) is 5.89 Å². The lowest BCUT2D eigenvalue weighted by atomic mass is 9.97. The van der Waals surface area contributed by atoms with Gasteiger partial charge in [0, 0.05) is 12.1 Å². The van der Waals surface area contributed by atoms with Crippen molar-refractivity contribution in [1.82, 2.24) is 15.0 Å². The Bertz CT molecular complexity index is 1030. The first-order chi connectivity index (χ1) is 14.5. The van der Waals surface area contributed by atoms with Crippen LogP contribution in [0.4, 0.5) is 5.69 Å². The Morgan fingerprint density at radius 2 is 1.97 bits per heavy atom. The van der Waals surface area contributed by atoms with E-state index >= 15 is 0 Å². The topological polar surface area (TPSA) is 91.5 Å². The van der Waals surface area contributed by atoms with Gasteiger partial charge in [-0.15, -0.1) is 0 Å². The Labute approximate surface area is 175 Å². The van der Waals surface area contributed by atoms with Crippen molar-refractivity contribution in [2.24, 2.45) is 5.92 Å². The SMILES string of the molecule is Cc1ccc(-c2nc(CN3CCC[C@H](C(=O)Nc4ccc(C)cc4O)C3)no2)cc1. The third-order valence-corrected chi connectivity index (χ3v) is 5.42. The van der Waals surface area contributed by atoms with Gasteiger partial charge in [-0.05, 0) is 63.1 Å². The van der Waals surface area contributed by atoms with E-state index in [0.29, 0.717) is 30.5 Å². The molecule has 4 rings (SSSR count). The summed E-state index contributed by atoms with van der Waals surface area (Å²) in [6, 6.07) is 13.2. The molecule has 1 amide bonds. The molecule has 7 heteroatoms. The first kappa shape index (κ1) is 20.1. The fourth-order valence-corrected chi connectivity index (χ4v) is 3.73. The van der Waals surface area contributed by atoms with Crippen molar-refractivity contribution in [2.75, 3.05) is 18.4 Å². The standard InChI is InChI=1S/C23H26N4O3/c1-15-5-8-17(9-6-15)23-25-21(26-30-23)14-27-11-3-4-18(13-27)22(29)24-19-10-7-16(2)12-20(19)28/h5-10,12,18,28H,3-4,11,13-14H2,1-2H3,(H,24,29)/t18-/m0/s1.